The molecule has 10 heteroatoms. The van der Waals surface area contributed by atoms with Crippen LogP contribution in [-0.4, -0.2) is 27.1 Å². The average molecular weight is 382 g/mol. The van der Waals surface area contributed by atoms with Crippen LogP contribution in [0.1, 0.15) is 33.7 Å². The Labute approximate surface area is 150 Å². The van der Waals surface area contributed by atoms with Crippen molar-refractivity contribution >= 4 is 17.2 Å². The van der Waals surface area contributed by atoms with E-state index in [1.54, 1.807) is 13.0 Å². The fourth-order valence-electron chi connectivity index (χ4n) is 2.54. The Hall–Kier alpha value is -3.17. The molecule has 0 aliphatic rings. The molecule has 3 aromatic rings. The van der Waals surface area contributed by atoms with Gasteiger partial charge in [0.05, 0.1) is 11.9 Å². The zero-order valence-electron chi connectivity index (χ0n) is 14.2. The van der Waals surface area contributed by atoms with Crippen LogP contribution < -0.4 is 10.1 Å². The van der Waals surface area contributed by atoms with Crippen LogP contribution in [0.2, 0.25) is 0 Å². The number of benzene rings is 1. The molecule has 1 amide bonds. The molecule has 2 heterocycles. The highest BCUT2D eigenvalue weighted by atomic mass is 19.3. The van der Waals surface area contributed by atoms with E-state index in [-0.39, 0.29) is 28.3 Å². The van der Waals surface area contributed by atoms with Gasteiger partial charge in [0.15, 0.2) is 5.65 Å². The maximum Gasteiger partial charge on any atom is 0.387 e. The third-order valence-electron chi connectivity index (χ3n) is 3.70. The zero-order valence-corrected chi connectivity index (χ0v) is 14.2. The number of carbonyl (C=O) groups is 1. The molecule has 1 N–H and O–H groups in total. The Bertz CT molecular complexity index is 1000. The molecule has 2 aromatic heterocycles. The molecule has 0 aliphatic heterocycles. The van der Waals surface area contributed by atoms with E-state index in [1.165, 1.54) is 25.1 Å². The number of fused-ring (bicyclic) bond motifs is 1. The van der Waals surface area contributed by atoms with Crippen LogP contribution in [0.3, 0.4) is 0 Å². The molecular formula is C17H14F4N4O2. The SMILES string of the molecule is Cc1ccc(NC(=O)c2cnn3c(C(F)F)cc(C)nc23)c(OC(F)F)c1. The molecule has 27 heavy (non-hydrogen) atoms. The number of halogens is 4. The lowest BCUT2D eigenvalue weighted by Crippen LogP contribution is -2.14. The largest absolute Gasteiger partial charge is 0.433 e. The van der Waals surface area contributed by atoms with Gasteiger partial charge < -0.3 is 10.1 Å². The number of amides is 1. The number of ether oxygens (including phenoxy) is 1. The minimum Gasteiger partial charge on any atom is -0.433 e. The minimum atomic E-state index is -3.07. The predicted molar refractivity (Wildman–Crippen MR) is 88.4 cm³/mol. The topological polar surface area (TPSA) is 68.5 Å². The molecule has 0 spiro atoms. The van der Waals surface area contributed by atoms with Crippen LogP contribution in [0.4, 0.5) is 23.2 Å². The summed E-state index contributed by atoms with van der Waals surface area (Å²) in [6.45, 7) is 0.112. The Morgan fingerprint density at radius 3 is 2.59 bits per heavy atom. The zero-order chi connectivity index (χ0) is 19.7. The molecule has 0 unspecified atom stereocenters. The van der Waals surface area contributed by atoms with Crippen LogP contribution in [0, 0.1) is 13.8 Å². The highest BCUT2D eigenvalue weighted by molar-refractivity contribution is 6.08. The van der Waals surface area contributed by atoms with Gasteiger partial charge in [-0.1, -0.05) is 6.07 Å². The van der Waals surface area contributed by atoms with Crippen LogP contribution in [-0.2, 0) is 0 Å². The van der Waals surface area contributed by atoms with Gasteiger partial charge in [-0.05, 0) is 37.6 Å². The molecule has 0 atom stereocenters. The Morgan fingerprint density at radius 1 is 1.19 bits per heavy atom. The molecule has 6 nitrogen and oxygen atoms in total. The normalized spacial score (nSPS) is 11.4. The van der Waals surface area contributed by atoms with E-state index in [0.717, 1.165) is 10.7 Å². The number of nitrogens with zero attached hydrogens (tertiary/aromatic N) is 3. The number of rotatable bonds is 5. The first-order valence-electron chi connectivity index (χ1n) is 7.76. The van der Waals surface area contributed by atoms with E-state index in [1.807, 2.05) is 0 Å². The van der Waals surface area contributed by atoms with Crippen molar-refractivity contribution in [2.45, 2.75) is 26.9 Å². The summed E-state index contributed by atoms with van der Waals surface area (Å²) in [6, 6.07) is 5.51. The maximum atomic E-state index is 13.2. The van der Waals surface area contributed by atoms with Crippen molar-refractivity contribution in [2.75, 3.05) is 5.32 Å². The predicted octanol–water partition coefficient (Wildman–Crippen LogP) is 4.14. The van der Waals surface area contributed by atoms with E-state index in [2.05, 4.69) is 20.1 Å². The molecule has 0 saturated carbocycles. The summed E-state index contributed by atoms with van der Waals surface area (Å²) >= 11 is 0. The first-order valence-corrected chi connectivity index (χ1v) is 7.76. The number of aromatic nitrogens is 3. The monoisotopic (exact) mass is 382 g/mol. The van der Waals surface area contributed by atoms with Gasteiger partial charge in [-0.2, -0.15) is 13.9 Å². The van der Waals surface area contributed by atoms with Crippen molar-refractivity contribution in [3.63, 3.8) is 0 Å². The molecule has 0 aliphatic carbocycles. The molecule has 0 saturated heterocycles. The van der Waals surface area contributed by atoms with Gasteiger partial charge in [0.1, 0.15) is 17.0 Å². The van der Waals surface area contributed by atoms with Crippen molar-refractivity contribution in [1.82, 2.24) is 14.6 Å². The summed E-state index contributed by atoms with van der Waals surface area (Å²) in [4.78, 5) is 16.7. The van der Waals surface area contributed by atoms with E-state index in [4.69, 9.17) is 0 Å². The number of hydrogen-bond donors (Lipinski definition) is 1. The van der Waals surface area contributed by atoms with Gasteiger partial charge in [0.2, 0.25) is 0 Å². The van der Waals surface area contributed by atoms with Gasteiger partial charge in [0.25, 0.3) is 12.3 Å². The Kier molecular flexibility index (Phi) is 4.98. The van der Waals surface area contributed by atoms with Gasteiger partial charge >= 0.3 is 6.61 Å². The molecule has 3 rings (SSSR count). The fourth-order valence-corrected chi connectivity index (χ4v) is 2.54. The Balaban J connectivity index is 1.98. The molecular weight excluding hydrogens is 368 g/mol. The molecule has 142 valence electrons. The number of nitrogens with one attached hydrogen (secondary N) is 1. The summed E-state index contributed by atoms with van der Waals surface area (Å²) < 4.78 is 56.8. The van der Waals surface area contributed by atoms with Gasteiger partial charge in [-0.25, -0.2) is 18.3 Å². The summed E-state index contributed by atoms with van der Waals surface area (Å²) in [6.07, 6.45) is -1.72. The lowest BCUT2D eigenvalue weighted by Gasteiger charge is -2.12. The van der Waals surface area contributed by atoms with E-state index in [9.17, 15) is 22.4 Å². The third kappa shape index (κ3) is 3.83. The standard InChI is InChI=1S/C17H14F4N4O2/c1-8-3-4-11(13(5-8)27-17(20)21)24-16(26)10-7-22-25-12(14(18)19)6-9(2)23-15(10)25/h3-7,14,17H,1-2H3,(H,24,26). The first kappa shape index (κ1) is 18.6. The maximum absolute atomic E-state index is 13.2. The number of alkyl halides is 4. The summed E-state index contributed by atoms with van der Waals surface area (Å²) in [5.41, 5.74) is 0.388. The quantitative estimate of drug-likeness (QED) is 0.674. The molecule has 1 aromatic carbocycles. The van der Waals surface area contributed by atoms with Crippen LogP contribution in [0.15, 0.2) is 30.5 Å². The number of anilines is 1. The van der Waals surface area contributed by atoms with Gasteiger partial charge in [-0.15, -0.1) is 0 Å². The number of hydrogen-bond acceptors (Lipinski definition) is 4. The molecule has 0 fully saturated rings. The second-order valence-electron chi connectivity index (χ2n) is 5.75. The van der Waals surface area contributed by atoms with Crippen molar-refractivity contribution < 1.29 is 27.1 Å². The Morgan fingerprint density at radius 2 is 1.93 bits per heavy atom. The van der Waals surface area contributed by atoms with Crippen molar-refractivity contribution in [2.24, 2.45) is 0 Å². The average Bonchev–Trinajstić information content (AvgIpc) is 2.99. The second-order valence-corrected chi connectivity index (χ2v) is 5.75. The first-order chi connectivity index (χ1) is 12.8. The molecule has 0 bridgehead atoms. The lowest BCUT2D eigenvalue weighted by atomic mass is 10.2. The van der Waals surface area contributed by atoms with Gasteiger partial charge in [-0.3, -0.25) is 4.79 Å². The van der Waals surface area contributed by atoms with Crippen LogP contribution >= 0.6 is 0 Å². The van der Waals surface area contributed by atoms with Gasteiger partial charge in [0, 0.05) is 5.69 Å². The summed E-state index contributed by atoms with van der Waals surface area (Å²) in [5, 5.41) is 6.22. The van der Waals surface area contributed by atoms with Crippen molar-refractivity contribution in [3.8, 4) is 5.75 Å². The smallest absolute Gasteiger partial charge is 0.387 e. The van der Waals surface area contributed by atoms with Crippen LogP contribution in [0.25, 0.3) is 5.65 Å². The summed E-state index contributed by atoms with van der Waals surface area (Å²) in [7, 11) is 0. The highest BCUT2D eigenvalue weighted by Gasteiger charge is 2.21. The molecule has 0 radical (unpaired) electrons. The second kappa shape index (κ2) is 7.22. The van der Waals surface area contributed by atoms with E-state index in [0.29, 0.717) is 5.56 Å². The number of carbonyl (C=O) groups excluding carboxylic acids is 1. The highest BCUT2D eigenvalue weighted by Crippen LogP contribution is 2.28. The summed E-state index contributed by atoms with van der Waals surface area (Å²) in [5.74, 6) is -0.960. The van der Waals surface area contributed by atoms with E-state index < -0.39 is 24.6 Å². The van der Waals surface area contributed by atoms with Crippen LogP contribution in [0.5, 0.6) is 5.75 Å². The third-order valence-corrected chi connectivity index (χ3v) is 3.70. The minimum absolute atomic E-state index is 0.00647. The lowest BCUT2D eigenvalue weighted by molar-refractivity contribution is -0.0494. The van der Waals surface area contributed by atoms with Crippen molar-refractivity contribution in [3.05, 3.63) is 53.0 Å². The van der Waals surface area contributed by atoms with E-state index >= 15 is 0 Å². The van der Waals surface area contributed by atoms with Crippen molar-refractivity contribution in [1.29, 1.82) is 0 Å². The fraction of sp³-hybridized carbons (Fsp3) is 0.235. The number of aryl methyl sites for hydroxylation is 2.